The van der Waals surface area contributed by atoms with E-state index in [0.29, 0.717) is 16.3 Å². The predicted octanol–water partition coefficient (Wildman–Crippen LogP) is 0.736. The van der Waals surface area contributed by atoms with Gasteiger partial charge >= 0.3 is 0 Å². The van der Waals surface area contributed by atoms with Gasteiger partial charge in [0, 0.05) is 6.54 Å². The van der Waals surface area contributed by atoms with Gasteiger partial charge < -0.3 is 15.7 Å². The molecule has 0 saturated heterocycles. The molecule has 0 aliphatic heterocycles. The van der Waals surface area contributed by atoms with E-state index in [1.165, 1.54) is 11.3 Å². The fourth-order valence-electron chi connectivity index (χ4n) is 1.39. The highest BCUT2D eigenvalue weighted by Crippen LogP contribution is 2.15. The van der Waals surface area contributed by atoms with Crippen molar-refractivity contribution in [3.8, 4) is 11.8 Å². The van der Waals surface area contributed by atoms with Crippen LogP contribution in [0.4, 0.5) is 0 Å². The van der Waals surface area contributed by atoms with E-state index >= 15 is 0 Å². The van der Waals surface area contributed by atoms with Gasteiger partial charge in [0.25, 0.3) is 5.91 Å². The molecule has 20 heavy (non-hydrogen) atoms. The second-order valence-corrected chi connectivity index (χ2v) is 5.19. The van der Waals surface area contributed by atoms with E-state index in [9.17, 15) is 9.59 Å². The Morgan fingerprint density at radius 3 is 2.85 bits per heavy atom. The molecule has 1 aromatic rings. The Labute approximate surface area is 122 Å². The molecule has 0 saturated carbocycles. The molecule has 1 unspecified atom stereocenters. The number of amides is 2. The van der Waals surface area contributed by atoms with Crippen molar-refractivity contribution in [1.29, 1.82) is 0 Å². The summed E-state index contributed by atoms with van der Waals surface area (Å²) < 4.78 is 0. The zero-order chi connectivity index (χ0) is 15.0. The molecule has 1 atom stereocenters. The van der Waals surface area contributed by atoms with Gasteiger partial charge in [-0.25, -0.2) is 0 Å². The highest BCUT2D eigenvalue weighted by molar-refractivity contribution is 7.14. The maximum absolute atomic E-state index is 11.9. The number of carbonyl (C=O) groups excluding carboxylic acids is 2. The van der Waals surface area contributed by atoms with Crippen LogP contribution in [0.25, 0.3) is 0 Å². The minimum Gasteiger partial charge on any atom is -0.384 e. The lowest BCUT2D eigenvalue weighted by Crippen LogP contribution is -2.44. The second kappa shape index (κ2) is 8.35. The van der Waals surface area contributed by atoms with E-state index in [1.807, 2.05) is 6.92 Å². The normalized spacial score (nSPS) is 11.2. The van der Waals surface area contributed by atoms with Gasteiger partial charge in [-0.2, -0.15) is 0 Å². The molecule has 1 heterocycles. The average Bonchev–Trinajstić information content (AvgIpc) is 2.91. The van der Waals surface area contributed by atoms with E-state index in [-0.39, 0.29) is 18.4 Å². The smallest absolute Gasteiger partial charge is 0.262 e. The lowest BCUT2D eigenvalue weighted by Gasteiger charge is -2.12. The van der Waals surface area contributed by atoms with Crippen LogP contribution in [0, 0.1) is 11.8 Å². The van der Waals surface area contributed by atoms with E-state index in [2.05, 4.69) is 22.5 Å². The molecule has 0 spiro atoms. The molecule has 0 aromatic carbocycles. The fraction of sp³-hybridized carbons (Fsp3) is 0.429. The third-order valence-electron chi connectivity index (χ3n) is 2.41. The third-order valence-corrected chi connectivity index (χ3v) is 3.41. The Bertz CT molecular complexity index is 528. The van der Waals surface area contributed by atoms with Crippen molar-refractivity contribution in [2.24, 2.45) is 0 Å². The summed E-state index contributed by atoms with van der Waals surface area (Å²) in [6, 6.07) is 2.78. The summed E-state index contributed by atoms with van der Waals surface area (Å²) in [7, 11) is 0. The molecule has 1 rings (SSSR count). The van der Waals surface area contributed by atoms with Crippen LogP contribution in [0.1, 0.15) is 34.8 Å². The van der Waals surface area contributed by atoms with E-state index in [1.54, 1.807) is 19.1 Å². The van der Waals surface area contributed by atoms with Gasteiger partial charge in [-0.1, -0.05) is 18.8 Å². The highest BCUT2D eigenvalue weighted by atomic mass is 32.1. The van der Waals surface area contributed by atoms with Crippen LogP contribution in [0.3, 0.4) is 0 Å². The van der Waals surface area contributed by atoms with Crippen LogP contribution in [0.5, 0.6) is 0 Å². The topological polar surface area (TPSA) is 78.4 Å². The first kappa shape index (κ1) is 16.2. The maximum atomic E-state index is 11.9. The molecule has 0 aliphatic carbocycles. The number of rotatable bonds is 5. The van der Waals surface area contributed by atoms with Crippen LogP contribution in [-0.4, -0.2) is 36.1 Å². The van der Waals surface area contributed by atoms with Crippen molar-refractivity contribution in [3.05, 3.63) is 21.9 Å². The first-order chi connectivity index (χ1) is 9.58. The quantitative estimate of drug-likeness (QED) is 0.701. The van der Waals surface area contributed by atoms with Crippen molar-refractivity contribution in [2.75, 3.05) is 13.2 Å². The van der Waals surface area contributed by atoms with Gasteiger partial charge in [0.15, 0.2) is 0 Å². The van der Waals surface area contributed by atoms with E-state index < -0.39 is 6.04 Å². The van der Waals surface area contributed by atoms with E-state index in [4.69, 9.17) is 5.11 Å². The molecular weight excluding hydrogens is 276 g/mol. The summed E-state index contributed by atoms with van der Waals surface area (Å²) in [5.41, 5.74) is 0. The number of hydrogen-bond acceptors (Lipinski definition) is 4. The molecule has 5 nitrogen and oxygen atoms in total. The molecule has 108 valence electrons. The molecule has 0 radical (unpaired) electrons. The van der Waals surface area contributed by atoms with Crippen LogP contribution < -0.4 is 10.6 Å². The molecule has 0 aliphatic rings. The Hall–Kier alpha value is -1.84. The predicted molar refractivity (Wildman–Crippen MR) is 78.5 cm³/mol. The van der Waals surface area contributed by atoms with Gasteiger partial charge in [-0.15, -0.1) is 11.3 Å². The summed E-state index contributed by atoms with van der Waals surface area (Å²) in [6.45, 7) is 3.99. The van der Waals surface area contributed by atoms with Gasteiger partial charge in [0.2, 0.25) is 5.91 Å². The Kier molecular flexibility index (Phi) is 6.77. The molecule has 0 fully saturated rings. The van der Waals surface area contributed by atoms with Crippen LogP contribution in [0.15, 0.2) is 12.1 Å². The van der Waals surface area contributed by atoms with Crippen LogP contribution in [-0.2, 0) is 4.79 Å². The summed E-state index contributed by atoms with van der Waals surface area (Å²) >= 11 is 1.22. The number of hydrogen-bond donors (Lipinski definition) is 3. The molecule has 6 heteroatoms. The van der Waals surface area contributed by atoms with E-state index in [0.717, 1.165) is 6.42 Å². The second-order valence-electron chi connectivity index (χ2n) is 4.11. The summed E-state index contributed by atoms with van der Waals surface area (Å²) in [5, 5.41) is 14.0. The summed E-state index contributed by atoms with van der Waals surface area (Å²) in [4.78, 5) is 24.8. The summed E-state index contributed by atoms with van der Waals surface area (Å²) in [5.74, 6) is 4.75. The minimum absolute atomic E-state index is 0.197. The Balaban J connectivity index is 2.57. The lowest BCUT2D eigenvalue weighted by molar-refractivity contribution is -0.122. The van der Waals surface area contributed by atoms with Crippen molar-refractivity contribution >= 4 is 23.2 Å². The number of nitrogens with one attached hydrogen (secondary N) is 2. The van der Waals surface area contributed by atoms with Crippen molar-refractivity contribution in [2.45, 2.75) is 26.3 Å². The van der Waals surface area contributed by atoms with Gasteiger partial charge in [-0.05, 0) is 25.5 Å². The first-order valence-corrected chi connectivity index (χ1v) is 7.18. The standard InChI is InChI=1S/C14H18N2O3S/c1-3-8-15-13(18)10(2)16-14(19)12-7-6-11(20-12)5-4-9-17/h6-7,10,17H,3,8-9H2,1-2H3,(H,15,18)(H,16,19). The van der Waals surface area contributed by atoms with Crippen molar-refractivity contribution < 1.29 is 14.7 Å². The summed E-state index contributed by atoms with van der Waals surface area (Å²) in [6.07, 6.45) is 0.851. The van der Waals surface area contributed by atoms with Crippen molar-refractivity contribution in [3.63, 3.8) is 0 Å². The molecular formula is C14H18N2O3S. The Morgan fingerprint density at radius 1 is 1.45 bits per heavy atom. The monoisotopic (exact) mass is 294 g/mol. The third kappa shape index (κ3) is 5.03. The SMILES string of the molecule is CCCNC(=O)C(C)NC(=O)c1ccc(C#CCO)s1. The average molecular weight is 294 g/mol. The maximum Gasteiger partial charge on any atom is 0.262 e. The van der Waals surface area contributed by atoms with Gasteiger partial charge in [0.1, 0.15) is 12.6 Å². The van der Waals surface area contributed by atoms with Crippen LogP contribution in [0.2, 0.25) is 0 Å². The number of aliphatic hydroxyl groups excluding tert-OH is 1. The molecule has 3 N–H and O–H groups in total. The Morgan fingerprint density at radius 2 is 2.20 bits per heavy atom. The number of aliphatic hydroxyl groups is 1. The van der Waals surface area contributed by atoms with Gasteiger partial charge in [0.05, 0.1) is 9.75 Å². The van der Waals surface area contributed by atoms with Crippen molar-refractivity contribution in [1.82, 2.24) is 10.6 Å². The zero-order valence-electron chi connectivity index (χ0n) is 11.5. The zero-order valence-corrected chi connectivity index (χ0v) is 12.3. The van der Waals surface area contributed by atoms with Gasteiger partial charge in [-0.3, -0.25) is 9.59 Å². The largest absolute Gasteiger partial charge is 0.384 e. The number of carbonyl (C=O) groups is 2. The lowest BCUT2D eigenvalue weighted by atomic mass is 10.3. The molecule has 2 amide bonds. The molecule has 0 bridgehead atoms. The first-order valence-electron chi connectivity index (χ1n) is 6.36. The number of thiophene rings is 1. The fourth-order valence-corrected chi connectivity index (χ4v) is 2.17. The molecule has 1 aromatic heterocycles. The van der Waals surface area contributed by atoms with Crippen LogP contribution >= 0.6 is 11.3 Å². The highest BCUT2D eigenvalue weighted by Gasteiger charge is 2.17. The minimum atomic E-state index is -0.580.